The zero-order valence-electron chi connectivity index (χ0n) is 19.2. The predicted molar refractivity (Wildman–Crippen MR) is 125 cm³/mol. The lowest BCUT2D eigenvalue weighted by molar-refractivity contribution is -0.155. The molecule has 180 valence electrons. The van der Waals surface area contributed by atoms with Crippen molar-refractivity contribution < 1.29 is 46.3 Å². The smallest absolute Gasteiger partial charge is 0.338 e. The van der Waals surface area contributed by atoms with Crippen LogP contribution in [0.1, 0.15) is 27.0 Å². The lowest BCUT2D eigenvalue weighted by Gasteiger charge is -2.27. The van der Waals surface area contributed by atoms with Crippen LogP contribution >= 0.6 is 0 Å². The van der Waals surface area contributed by atoms with Crippen LogP contribution in [0.25, 0.3) is 0 Å². The highest BCUT2D eigenvalue weighted by Crippen LogP contribution is 2.51. The maximum absolute atomic E-state index is 13.3. The molecule has 1 N–H and O–H groups in total. The molecule has 0 aromatic heterocycles. The van der Waals surface area contributed by atoms with Gasteiger partial charge in [-0.2, -0.15) is 8.42 Å². The molecule has 0 spiro atoms. The van der Waals surface area contributed by atoms with Crippen molar-refractivity contribution in [2.75, 3.05) is 12.4 Å². The number of carbonyl (C=O) groups is 3. The van der Waals surface area contributed by atoms with Gasteiger partial charge in [0.2, 0.25) is 0 Å². The van der Waals surface area contributed by atoms with Gasteiger partial charge in [-0.3, -0.25) is 14.1 Å². The van der Waals surface area contributed by atoms with E-state index in [-0.39, 0.29) is 0 Å². The molecule has 3 aliphatic heterocycles. The van der Waals surface area contributed by atoms with E-state index in [2.05, 4.69) is 6.07 Å². The summed E-state index contributed by atoms with van der Waals surface area (Å²) in [6.45, 7) is -0.579. The molecule has 2 bridgehead atoms. The molecule has 0 saturated carbocycles. The summed E-state index contributed by atoms with van der Waals surface area (Å²) < 4.78 is 52.6. The van der Waals surface area contributed by atoms with E-state index >= 15 is 0 Å². The molecule has 3 saturated heterocycles. The second-order valence-electron chi connectivity index (χ2n) is 8.68. The van der Waals surface area contributed by atoms with Gasteiger partial charge < -0.3 is 18.9 Å². The molecule has 14 heteroatoms. The van der Waals surface area contributed by atoms with Crippen molar-refractivity contribution in [3.63, 3.8) is 0 Å². The Morgan fingerprint density at radius 2 is 1.79 bits per heavy atom. The third-order valence-corrected chi connectivity index (χ3v) is 7.45. The number of benzene rings is 1. The Balaban J connectivity index is 1.56. The third-order valence-electron chi connectivity index (χ3n) is 6.77. The normalized spacial score (nSPS) is 29.1. The standard InChI is InChI=1S/C20H25B3O10S/c21-5-8-3-9(6-22)11(7-23)10(4-8)18(24)32-16-14-12(19(25)30-1-2-34(27,28)29)13-15(31-14)17(16)33-20(13)26/h3-4,12-17H,1-2,5-7,21-23H2,(H,27,28,29). The zero-order valence-corrected chi connectivity index (χ0v) is 20.0. The van der Waals surface area contributed by atoms with Gasteiger partial charge in [-0.05, 0) is 11.6 Å². The summed E-state index contributed by atoms with van der Waals surface area (Å²) in [6.07, 6.45) is -1.40. The first-order chi connectivity index (χ1) is 16.1. The fourth-order valence-electron chi connectivity index (χ4n) is 5.19. The second kappa shape index (κ2) is 9.39. The van der Waals surface area contributed by atoms with E-state index in [1.807, 2.05) is 23.5 Å². The van der Waals surface area contributed by atoms with Gasteiger partial charge in [-0.15, -0.1) is 0 Å². The lowest BCUT2D eigenvalue weighted by Crippen LogP contribution is -2.48. The molecular formula is C20H25B3O10S. The van der Waals surface area contributed by atoms with Crippen LogP contribution in [-0.2, 0) is 57.6 Å². The van der Waals surface area contributed by atoms with Crippen LogP contribution in [-0.4, -0.2) is 91.2 Å². The van der Waals surface area contributed by atoms with Crippen LogP contribution in [0.4, 0.5) is 0 Å². The molecule has 4 rings (SSSR count). The Hall–Kier alpha value is -2.31. The Labute approximate surface area is 200 Å². The van der Waals surface area contributed by atoms with Crippen molar-refractivity contribution in [2.24, 2.45) is 11.8 Å². The molecule has 34 heavy (non-hydrogen) atoms. The van der Waals surface area contributed by atoms with Crippen molar-refractivity contribution in [1.82, 2.24) is 0 Å². The van der Waals surface area contributed by atoms with Crippen molar-refractivity contribution in [1.29, 1.82) is 0 Å². The summed E-state index contributed by atoms with van der Waals surface area (Å²) in [5, 5.41) is 0. The summed E-state index contributed by atoms with van der Waals surface area (Å²) in [5.41, 5.74) is 3.38. The molecule has 6 unspecified atom stereocenters. The van der Waals surface area contributed by atoms with Crippen LogP contribution in [0.15, 0.2) is 12.1 Å². The second-order valence-corrected chi connectivity index (χ2v) is 10.3. The molecule has 0 aliphatic carbocycles. The van der Waals surface area contributed by atoms with Crippen LogP contribution in [0.3, 0.4) is 0 Å². The maximum atomic E-state index is 13.3. The average Bonchev–Trinajstić information content (AvgIpc) is 3.40. The van der Waals surface area contributed by atoms with Gasteiger partial charge in [0.05, 0.1) is 5.56 Å². The molecule has 10 nitrogen and oxygen atoms in total. The number of rotatable bonds is 9. The third kappa shape index (κ3) is 4.38. The Kier molecular flexibility index (Phi) is 6.85. The monoisotopic (exact) mass is 490 g/mol. The Morgan fingerprint density at radius 1 is 1.06 bits per heavy atom. The minimum atomic E-state index is -4.32. The van der Waals surface area contributed by atoms with E-state index in [1.54, 1.807) is 6.07 Å². The van der Waals surface area contributed by atoms with Gasteiger partial charge in [0.25, 0.3) is 10.1 Å². The lowest BCUT2D eigenvalue weighted by atomic mass is 9.78. The highest BCUT2D eigenvalue weighted by atomic mass is 32.2. The number of fused-ring (bicyclic) bond motifs is 1. The number of hydrogen-bond donors (Lipinski definition) is 1. The fourth-order valence-corrected chi connectivity index (χ4v) is 5.48. The first-order valence-corrected chi connectivity index (χ1v) is 13.0. The van der Waals surface area contributed by atoms with Crippen LogP contribution < -0.4 is 0 Å². The molecule has 3 fully saturated rings. The number of hydrogen-bond acceptors (Lipinski definition) is 9. The van der Waals surface area contributed by atoms with Crippen LogP contribution in [0.2, 0.25) is 0 Å². The molecule has 1 aromatic rings. The van der Waals surface area contributed by atoms with Gasteiger partial charge in [-0.25, -0.2) is 4.79 Å². The minimum absolute atomic E-state index is 0.439. The fraction of sp³-hybridized carbons (Fsp3) is 0.550. The Bertz CT molecular complexity index is 1120. The molecule has 3 aliphatic rings. The summed E-state index contributed by atoms with van der Waals surface area (Å²) in [5.74, 6) is -4.89. The predicted octanol–water partition coefficient (Wildman–Crippen LogP) is -3.02. The molecule has 6 atom stereocenters. The summed E-state index contributed by atoms with van der Waals surface area (Å²) in [4.78, 5) is 38.4. The highest BCUT2D eigenvalue weighted by molar-refractivity contribution is 7.85. The summed E-state index contributed by atoms with van der Waals surface area (Å²) in [6, 6.07) is 3.89. The minimum Gasteiger partial charge on any atom is -0.464 e. The molecule has 3 heterocycles. The van der Waals surface area contributed by atoms with Crippen molar-refractivity contribution in [3.05, 3.63) is 34.4 Å². The molecule has 1 aromatic carbocycles. The first kappa shape index (κ1) is 24.8. The maximum Gasteiger partial charge on any atom is 0.338 e. The van der Waals surface area contributed by atoms with E-state index in [9.17, 15) is 22.8 Å². The first-order valence-electron chi connectivity index (χ1n) is 11.4. The largest absolute Gasteiger partial charge is 0.464 e. The molecule has 0 amide bonds. The van der Waals surface area contributed by atoms with Gasteiger partial charge in [0, 0.05) is 0 Å². The van der Waals surface area contributed by atoms with E-state index in [4.69, 9.17) is 23.5 Å². The van der Waals surface area contributed by atoms with E-state index in [0.29, 0.717) is 11.9 Å². The molecular weight excluding hydrogens is 465 g/mol. The van der Waals surface area contributed by atoms with E-state index < -0.39 is 76.6 Å². The van der Waals surface area contributed by atoms with Gasteiger partial charge >= 0.3 is 17.9 Å². The van der Waals surface area contributed by atoms with Crippen molar-refractivity contribution >= 4 is 51.6 Å². The Morgan fingerprint density at radius 3 is 2.41 bits per heavy atom. The summed E-state index contributed by atoms with van der Waals surface area (Å²) in [7, 11) is 1.65. The summed E-state index contributed by atoms with van der Waals surface area (Å²) >= 11 is 0. The van der Waals surface area contributed by atoms with Gasteiger partial charge in [-0.1, -0.05) is 36.2 Å². The average molecular weight is 490 g/mol. The van der Waals surface area contributed by atoms with E-state index in [0.717, 1.165) is 29.3 Å². The molecule has 0 radical (unpaired) electrons. The number of ether oxygens (including phenoxy) is 4. The number of carbonyl (C=O) groups excluding carboxylic acids is 3. The van der Waals surface area contributed by atoms with Gasteiger partial charge in [0.1, 0.15) is 59.9 Å². The quantitative estimate of drug-likeness (QED) is 0.165. The van der Waals surface area contributed by atoms with E-state index in [1.165, 1.54) is 0 Å². The number of esters is 3. The zero-order chi connectivity index (χ0) is 24.8. The van der Waals surface area contributed by atoms with Gasteiger partial charge in [0.15, 0.2) is 12.2 Å². The van der Waals surface area contributed by atoms with Crippen molar-refractivity contribution in [3.8, 4) is 0 Å². The van der Waals surface area contributed by atoms with Crippen LogP contribution in [0.5, 0.6) is 0 Å². The van der Waals surface area contributed by atoms with Crippen LogP contribution in [0, 0.1) is 11.8 Å². The highest BCUT2D eigenvalue weighted by Gasteiger charge is 2.72. The topological polar surface area (TPSA) is 142 Å². The van der Waals surface area contributed by atoms with Crippen molar-refractivity contribution in [2.45, 2.75) is 43.4 Å². The SMILES string of the molecule is BCc1cc(CB)c(CB)c(C(=O)OC2C3OC(=O)C4C3OC2C4C(=O)OCCS(=O)(=O)O)c1.